The van der Waals surface area contributed by atoms with Crippen molar-refractivity contribution >= 4 is 11.8 Å². The van der Waals surface area contributed by atoms with Crippen molar-refractivity contribution in [1.82, 2.24) is 5.32 Å². The number of benzene rings is 1. The lowest BCUT2D eigenvalue weighted by Crippen LogP contribution is -2.20. The zero-order chi connectivity index (χ0) is 12.5. The van der Waals surface area contributed by atoms with Crippen LogP contribution >= 0.6 is 11.8 Å². The largest absolute Gasteiger partial charge is 0.316 e. The number of nitrogens with one attached hydrogen (secondary N) is 1. The smallest absolute Gasteiger partial charge is 0.00721 e. The SMILES string of the molecule is Cc1ccc(SCCCCNCC(C)C)cc1. The zero-order valence-corrected chi connectivity index (χ0v) is 12.1. The minimum Gasteiger partial charge on any atom is -0.316 e. The van der Waals surface area contributed by atoms with Gasteiger partial charge in [-0.2, -0.15) is 0 Å². The van der Waals surface area contributed by atoms with E-state index >= 15 is 0 Å². The summed E-state index contributed by atoms with van der Waals surface area (Å²) in [6.07, 6.45) is 2.58. The van der Waals surface area contributed by atoms with Crippen LogP contribution in [0.1, 0.15) is 32.3 Å². The summed E-state index contributed by atoms with van der Waals surface area (Å²) in [6, 6.07) is 8.81. The molecule has 0 amide bonds. The third-order valence-electron chi connectivity index (χ3n) is 2.59. The van der Waals surface area contributed by atoms with Crippen LogP contribution in [0.15, 0.2) is 29.2 Å². The first-order valence-corrected chi connectivity index (χ1v) is 7.57. The number of rotatable bonds is 8. The second-order valence-corrected chi connectivity index (χ2v) is 6.13. The minimum absolute atomic E-state index is 0.761. The number of hydrogen-bond donors (Lipinski definition) is 1. The zero-order valence-electron chi connectivity index (χ0n) is 11.3. The van der Waals surface area contributed by atoms with Crippen molar-refractivity contribution in [2.45, 2.75) is 38.5 Å². The van der Waals surface area contributed by atoms with Crippen LogP contribution in [0.5, 0.6) is 0 Å². The van der Waals surface area contributed by atoms with E-state index in [1.54, 1.807) is 0 Å². The van der Waals surface area contributed by atoms with Crippen molar-refractivity contribution in [2.24, 2.45) is 5.92 Å². The van der Waals surface area contributed by atoms with E-state index in [1.807, 2.05) is 11.8 Å². The van der Waals surface area contributed by atoms with Gasteiger partial charge in [0.05, 0.1) is 0 Å². The maximum atomic E-state index is 3.48. The first-order chi connectivity index (χ1) is 8.18. The fourth-order valence-corrected chi connectivity index (χ4v) is 2.48. The normalized spacial score (nSPS) is 11.1. The Morgan fingerprint density at radius 2 is 1.82 bits per heavy atom. The Kier molecular flexibility index (Phi) is 7.38. The Morgan fingerprint density at radius 1 is 1.12 bits per heavy atom. The third kappa shape index (κ3) is 7.45. The van der Waals surface area contributed by atoms with Gasteiger partial charge in [0.25, 0.3) is 0 Å². The molecule has 1 N–H and O–H groups in total. The Labute approximate surface area is 110 Å². The minimum atomic E-state index is 0.761. The van der Waals surface area contributed by atoms with Crippen LogP contribution in [0, 0.1) is 12.8 Å². The van der Waals surface area contributed by atoms with Crippen molar-refractivity contribution in [2.75, 3.05) is 18.8 Å². The molecule has 0 unspecified atom stereocenters. The Bertz CT molecular complexity index is 292. The monoisotopic (exact) mass is 251 g/mol. The van der Waals surface area contributed by atoms with E-state index in [1.165, 1.54) is 29.1 Å². The summed E-state index contributed by atoms with van der Waals surface area (Å²) in [5, 5.41) is 3.48. The summed E-state index contributed by atoms with van der Waals surface area (Å²) in [7, 11) is 0. The van der Waals surface area contributed by atoms with Crippen LogP contribution < -0.4 is 5.32 Å². The average molecular weight is 251 g/mol. The van der Waals surface area contributed by atoms with Gasteiger partial charge in [0, 0.05) is 4.90 Å². The first kappa shape index (κ1) is 14.6. The quantitative estimate of drug-likeness (QED) is 0.551. The molecule has 1 aromatic rings. The molecule has 2 heteroatoms. The van der Waals surface area contributed by atoms with Gasteiger partial charge >= 0.3 is 0 Å². The van der Waals surface area contributed by atoms with Gasteiger partial charge in [-0.1, -0.05) is 31.5 Å². The molecule has 0 spiro atoms. The molecule has 0 aromatic heterocycles. The molecule has 96 valence electrons. The summed E-state index contributed by atoms with van der Waals surface area (Å²) in [5.74, 6) is 1.99. The highest BCUT2D eigenvalue weighted by molar-refractivity contribution is 7.99. The van der Waals surface area contributed by atoms with Gasteiger partial charge in [0.15, 0.2) is 0 Å². The van der Waals surface area contributed by atoms with E-state index in [-0.39, 0.29) is 0 Å². The number of aryl methyl sites for hydroxylation is 1. The maximum Gasteiger partial charge on any atom is 0.00721 e. The molecule has 17 heavy (non-hydrogen) atoms. The summed E-state index contributed by atoms with van der Waals surface area (Å²) in [4.78, 5) is 1.39. The molecule has 0 saturated carbocycles. The second-order valence-electron chi connectivity index (χ2n) is 4.97. The molecule has 0 aliphatic heterocycles. The van der Waals surface area contributed by atoms with E-state index < -0.39 is 0 Å². The first-order valence-electron chi connectivity index (χ1n) is 6.58. The van der Waals surface area contributed by atoms with Gasteiger partial charge in [-0.25, -0.2) is 0 Å². The van der Waals surface area contributed by atoms with Crippen molar-refractivity contribution in [3.8, 4) is 0 Å². The van der Waals surface area contributed by atoms with Gasteiger partial charge in [0.1, 0.15) is 0 Å². The molecule has 1 aromatic carbocycles. The maximum absolute atomic E-state index is 3.48. The van der Waals surface area contributed by atoms with Gasteiger partial charge in [0.2, 0.25) is 0 Å². The molecule has 0 bridgehead atoms. The summed E-state index contributed by atoms with van der Waals surface area (Å²) < 4.78 is 0. The summed E-state index contributed by atoms with van der Waals surface area (Å²) in [6.45, 7) is 8.94. The molecule has 1 nitrogen and oxygen atoms in total. The number of thioether (sulfide) groups is 1. The van der Waals surface area contributed by atoms with E-state index in [2.05, 4.69) is 50.4 Å². The molecule has 0 aliphatic carbocycles. The van der Waals surface area contributed by atoms with Crippen molar-refractivity contribution < 1.29 is 0 Å². The molecule has 0 aliphatic rings. The highest BCUT2D eigenvalue weighted by Crippen LogP contribution is 2.19. The lowest BCUT2D eigenvalue weighted by Gasteiger charge is -2.07. The second kappa shape index (κ2) is 8.60. The average Bonchev–Trinajstić information content (AvgIpc) is 2.30. The van der Waals surface area contributed by atoms with Gasteiger partial charge in [-0.15, -0.1) is 11.8 Å². The Hall–Kier alpha value is -0.470. The Morgan fingerprint density at radius 3 is 2.47 bits per heavy atom. The molecule has 0 fully saturated rings. The van der Waals surface area contributed by atoms with Crippen molar-refractivity contribution in [3.05, 3.63) is 29.8 Å². The van der Waals surface area contributed by atoms with Gasteiger partial charge < -0.3 is 5.32 Å². The van der Waals surface area contributed by atoms with Crippen LogP contribution in [-0.2, 0) is 0 Å². The van der Waals surface area contributed by atoms with Crippen LogP contribution in [-0.4, -0.2) is 18.8 Å². The van der Waals surface area contributed by atoms with Crippen LogP contribution in [0.3, 0.4) is 0 Å². The predicted octanol–water partition coefficient (Wildman–Crippen LogP) is 4.11. The van der Waals surface area contributed by atoms with Crippen molar-refractivity contribution in [1.29, 1.82) is 0 Å². The lowest BCUT2D eigenvalue weighted by atomic mass is 10.2. The number of unbranched alkanes of at least 4 members (excludes halogenated alkanes) is 1. The van der Waals surface area contributed by atoms with Crippen LogP contribution in [0.25, 0.3) is 0 Å². The molecule has 0 atom stereocenters. The standard InChI is InChI=1S/C15H25NS/c1-13(2)12-16-10-4-5-11-17-15-8-6-14(3)7-9-15/h6-9,13,16H,4-5,10-12H2,1-3H3. The fourth-order valence-electron chi connectivity index (χ4n) is 1.57. The molecule has 1 rings (SSSR count). The summed E-state index contributed by atoms with van der Waals surface area (Å²) in [5.41, 5.74) is 1.34. The Balaban J connectivity index is 1.99. The molecule has 0 saturated heterocycles. The van der Waals surface area contributed by atoms with Crippen LogP contribution in [0.2, 0.25) is 0 Å². The fraction of sp³-hybridized carbons (Fsp3) is 0.600. The lowest BCUT2D eigenvalue weighted by molar-refractivity contribution is 0.541. The summed E-state index contributed by atoms with van der Waals surface area (Å²) >= 11 is 1.97. The van der Waals surface area contributed by atoms with Gasteiger partial charge in [-0.3, -0.25) is 0 Å². The topological polar surface area (TPSA) is 12.0 Å². The van der Waals surface area contributed by atoms with E-state index in [0.717, 1.165) is 19.0 Å². The molecular weight excluding hydrogens is 226 g/mol. The third-order valence-corrected chi connectivity index (χ3v) is 3.69. The van der Waals surface area contributed by atoms with Crippen LogP contribution in [0.4, 0.5) is 0 Å². The van der Waals surface area contributed by atoms with E-state index in [4.69, 9.17) is 0 Å². The highest BCUT2D eigenvalue weighted by atomic mass is 32.2. The number of hydrogen-bond acceptors (Lipinski definition) is 2. The molecular formula is C15H25NS. The van der Waals surface area contributed by atoms with Gasteiger partial charge in [-0.05, 0) is 56.7 Å². The van der Waals surface area contributed by atoms with E-state index in [0.29, 0.717) is 0 Å². The molecule has 0 heterocycles. The predicted molar refractivity (Wildman–Crippen MR) is 78.8 cm³/mol. The highest BCUT2D eigenvalue weighted by Gasteiger charge is 1.95. The van der Waals surface area contributed by atoms with Crippen molar-refractivity contribution in [3.63, 3.8) is 0 Å². The molecule has 0 radical (unpaired) electrons. The van der Waals surface area contributed by atoms with E-state index in [9.17, 15) is 0 Å².